The van der Waals surface area contributed by atoms with Crippen molar-refractivity contribution in [3.63, 3.8) is 0 Å². The standard InChI is InChI=1S/C14H21NO2S/c1-11-6-7-12(15)10-14(11)18(16)9-3-5-13-4-2-8-17-13/h6-7,10,13H,2-5,8-9,15H2,1H3. The summed E-state index contributed by atoms with van der Waals surface area (Å²) in [6.45, 7) is 2.87. The second-order valence-corrected chi connectivity index (χ2v) is 6.39. The first-order valence-electron chi connectivity index (χ1n) is 6.53. The second kappa shape index (κ2) is 6.34. The molecule has 1 aromatic carbocycles. The van der Waals surface area contributed by atoms with Gasteiger partial charge in [0.25, 0.3) is 0 Å². The molecule has 4 heteroatoms. The van der Waals surface area contributed by atoms with Crippen molar-refractivity contribution >= 4 is 16.5 Å². The Hall–Kier alpha value is -0.870. The maximum absolute atomic E-state index is 12.2. The molecule has 0 aliphatic carbocycles. The molecule has 2 N–H and O–H groups in total. The first-order chi connectivity index (χ1) is 8.66. The number of benzene rings is 1. The highest BCUT2D eigenvalue weighted by molar-refractivity contribution is 7.85. The number of hydrogen-bond donors (Lipinski definition) is 1. The van der Waals surface area contributed by atoms with E-state index in [0.717, 1.165) is 36.3 Å². The van der Waals surface area contributed by atoms with E-state index in [1.807, 2.05) is 25.1 Å². The smallest absolute Gasteiger partial charge is 0.0576 e. The average molecular weight is 267 g/mol. The molecule has 0 radical (unpaired) electrons. The van der Waals surface area contributed by atoms with Crippen molar-refractivity contribution in [2.24, 2.45) is 0 Å². The molecule has 1 fully saturated rings. The molecule has 1 saturated heterocycles. The number of anilines is 1. The molecule has 100 valence electrons. The predicted octanol–water partition coefficient (Wildman–Crippen LogP) is 2.64. The molecule has 2 unspecified atom stereocenters. The summed E-state index contributed by atoms with van der Waals surface area (Å²) >= 11 is 0. The van der Waals surface area contributed by atoms with Gasteiger partial charge >= 0.3 is 0 Å². The molecule has 2 atom stereocenters. The third kappa shape index (κ3) is 3.56. The van der Waals surface area contributed by atoms with Gasteiger partial charge in [0.15, 0.2) is 0 Å². The van der Waals surface area contributed by atoms with E-state index >= 15 is 0 Å². The average Bonchev–Trinajstić information content (AvgIpc) is 2.85. The van der Waals surface area contributed by atoms with Crippen molar-refractivity contribution in [2.45, 2.75) is 43.6 Å². The Morgan fingerprint density at radius 2 is 2.33 bits per heavy atom. The predicted molar refractivity (Wildman–Crippen MR) is 75.1 cm³/mol. The SMILES string of the molecule is Cc1ccc(N)cc1S(=O)CCCC1CCCO1. The van der Waals surface area contributed by atoms with Crippen LogP contribution in [-0.2, 0) is 15.5 Å². The summed E-state index contributed by atoms with van der Waals surface area (Å²) in [5.74, 6) is 0.699. The maximum Gasteiger partial charge on any atom is 0.0576 e. The van der Waals surface area contributed by atoms with E-state index in [1.165, 1.54) is 6.42 Å². The molecule has 1 aliphatic heterocycles. The Kier molecular flexibility index (Phi) is 4.78. The molecule has 0 spiro atoms. The van der Waals surface area contributed by atoms with Crippen LogP contribution in [0.2, 0.25) is 0 Å². The van der Waals surface area contributed by atoms with Gasteiger partial charge in [-0.2, -0.15) is 0 Å². The second-order valence-electron chi connectivity index (χ2n) is 4.85. The van der Waals surface area contributed by atoms with Gasteiger partial charge in [0.1, 0.15) is 0 Å². The fourth-order valence-electron chi connectivity index (χ4n) is 2.29. The highest BCUT2D eigenvalue weighted by Gasteiger charge is 2.16. The fraction of sp³-hybridized carbons (Fsp3) is 0.571. The van der Waals surface area contributed by atoms with Gasteiger partial charge in [0.05, 0.1) is 16.9 Å². The summed E-state index contributed by atoms with van der Waals surface area (Å²) in [6, 6.07) is 5.61. The first kappa shape index (κ1) is 13.6. The van der Waals surface area contributed by atoms with Crippen LogP contribution in [0.1, 0.15) is 31.2 Å². The van der Waals surface area contributed by atoms with Crippen LogP contribution in [0.25, 0.3) is 0 Å². The summed E-state index contributed by atoms with van der Waals surface area (Å²) in [5, 5.41) is 0. The van der Waals surface area contributed by atoms with Crippen LogP contribution >= 0.6 is 0 Å². The van der Waals surface area contributed by atoms with Crippen molar-refractivity contribution in [3.8, 4) is 0 Å². The molecule has 0 amide bonds. The van der Waals surface area contributed by atoms with E-state index in [-0.39, 0.29) is 0 Å². The Balaban J connectivity index is 1.85. The van der Waals surface area contributed by atoms with Gasteiger partial charge in [-0.25, -0.2) is 0 Å². The van der Waals surface area contributed by atoms with Gasteiger partial charge in [0, 0.05) is 22.9 Å². The van der Waals surface area contributed by atoms with Crippen molar-refractivity contribution in [1.29, 1.82) is 0 Å². The van der Waals surface area contributed by atoms with Gasteiger partial charge in [-0.15, -0.1) is 0 Å². The fourth-order valence-corrected chi connectivity index (χ4v) is 3.63. The zero-order valence-electron chi connectivity index (χ0n) is 10.9. The van der Waals surface area contributed by atoms with Crippen LogP contribution in [0.4, 0.5) is 5.69 Å². The Labute approximate surface area is 111 Å². The Bertz CT molecular complexity index is 428. The van der Waals surface area contributed by atoms with Crippen LogP contribution in [0.15, 0.2) is 23.1 Å². The van der Waals surface area contributed by atoms with Crippen LogP contribution in [-0.4, -0.2) is 22.7 Å². The van der Waals surface area contributed by atoms with Gasteiger partial charge in [-0.3, -0.25) is 4.21 Å². The van der Waals surface area contributed by atoms with E-state index < -0.39 is 10.8 Å². The van der Waals surface area contributed by atoms with Gasteiger partial charge in [-0.1, -0.05) is 6.07 Å². The molecular formula is C14H21NO2S. The number of ether oxygens (including phenoxy) is 1. The minimum absolute atomic E-state index is 0.393. The minimum atomic E-state index is -0.941. The van der Waals surface area contributed by atoms with Crippen LogP contribution < -0.4 is 5.73 Å². The lowest BCUT2D eigenvalue weighted by molar-refractivity contribution is 0.104. The normalized spacial score (nSPS) is 21.1. The number of rotatable bonds is 5. The summed E-state index contributed by atoms with van der Waals surface area (Å²) in [7, 11) is -0.941. The summed E-state index contributed by atoms with van der Waals surface area (Å²) in [4.78, 5) is 0.877. The van der Waals surface area contributed by atoms with E-state index in [1.54, 1.807) is 0 Å². The molecular weight excluding hydrogens is 246 g/mol. The first-order valence-corrected chi connectivity index (χ1v) is 7.85. The highest BCUT2D eigenvalue weighted by Crippen LogP contribution is 2.20. The van der Waals surface area contributed by atoms with Crippen molar-refractivity contribution < 1.29 is 8.95 Å². The number of aryl methyl sites for hydroxylation is 1. The molecule has 3 nitrogen and oxygen atoms in total. The maximum atomic E-state index is 12.2. The van der Waals surface area contributed by atoms with Crippen molar-refractivity contribution in [3.05, 3.63) is 23.8 Å². The minimum Gasteiger partial charge on any atom is -0.399 e. The molecule has 18 heavy (non-hydrogen) atoms. The monoisotopic (exact) mass is 267 g/mol. The Morgan fingerprint density at radius 1 is 1.50 bits per heavy atom. The summed E-state index contributed by atoms with van der Waals surface area (Å²) < 4.78 is 17.8. The molecule has 1 aliphatic rings. The summed E-state index contributed by atoms with van der Waals surface area (Å²) in [6.07, 6.45) is 4.69. The van der Waals surface area contributed by atoms with Crippen molar-refractivity contribution in [2.75, 3.05) is 18.1 Å². The molecule has 2 rings (SSSR count). The molecule has 1 heterocycles. The van der Waals surface area contributed by atoms with E-state index in [2.05, 4.69) is 0 Å². The van der Waals surface area contributed by atoms with Gasteiger partial charge in [0.2, 0.25) is 0 Å². The van der Waals surface area contributed by atoms with Crippen molar-refractivity contribution in [1.82, 2.24) is 0 Å². The van der Waals surface area contributed by atoms with Gasteiger partial charge < -0.3 is 10.5 Å². The molecule has 0 saturated carbocycles. The number of nitrogen functional groups attached to an aromatic ring is 1. The van der Waals surface area contributed by atoms with E-state index in [0.29, 0.717) is 17.5 Å². The van der Waals surface area contributed by atoms with Gasteiger partial charge in [-0.05, 0) is 50.3 Å². The highest BCUT2D eigenvalue weighted by atomic mass is 32.2. The molecule has 1 aromatic rings. The summed E-state index contributed by atoms with van der Waals surface area (Å²) in [5.41, 5.74) is 7.48. The largest absolute Gasteiger partial charge is 0.399 e. The number of hydrogen-bond acceptors (Lipinski definition) is 3. The lowest BCUT2D eigenvalue weighted by Crippen LogP contribution is -2.08. The third-order valence-electron chi connectivity index (χ3n) is 3.34. The van der Waals surface area contributed by atoms with Crippen LogP contribution in [0.5, 0.6) is 0 Å². The number of nitrogens with two attached hydrogens (primary N) is 1. The zero-order valence-corrected chi connectivity index (χ0v) is 11.7. The lowest BCUT2D eigenvalue weighted by atomic mass is 10.1. The topological polar surface area (TPSA) is 52.3 Å². The van der Waals surface area contributed by atoms with E-state index in [4.69, 9.17) is 10.5 Å². The molecule has 0 aromatic heterocycles. The molecule has 0 bridgehead atoms. The van der Waals surface area contributed by atoms with Crippen LogP contribution in [0, 0.1) is 6.92 Å². The zero-order chi connectivity index (χ0) is 13.0. The van der Waals surface area contributed by atoms with Crippen LogP contribution in [0.3, 0.4) is 0 Å². The third-order valence-corrected chi connectivity index (χ3v) is 4.93. The van der Waals surface area contributed by atoms with E-state index in [9.17, 15) is 4.21 Å². The Morgan fingerprint density at radius 3 is 3.06 bits per heavy atom. The quantitative estimate of drug-likeness (QED) is 0.834. The lowest BCUT2D eigenvalue weighted by Gasteiger charge is -2.10.